The van der Waals surface area contributed by atoms with Crippen LogP contribution in [0.5, 0.6) is 0 Å². The van der Waals surface area contributed by atoms with E-state index in [9.17, 15) is 14.0 Å². The molecular formula is C21H19FN4O2S. The Morgan fingerprint density at radius 3 is 2.59 bits per heavy atom. The van der Waals surface area contributed by atoms with E-state index >= 15 is 0 Å². The number of carbonyl (C=O) groups excluding carboxylic acids is 2. The van der Waals surface area contributed by atoms with Crippen molar-refractivity contribution in [2.24, 2.45) is 5.92 Å². The van der Waals surface area contributed by atoms with Gasteiger partial charge in [0.1, 0.15) is 10.8 Å². The summed E-state index contributed by atoms with van der Waals surface area (Å²) in [7, 11) is 0. The van der Waals surface area contributed by atoms with Crippen molar-refractivity contribution in [3.8, 4) is 10.6 Å². The average Bonchev–Trinajstić information content (AvgIpc) is 3.23. The zero-order valence-corrected chi connectivity index (χ0v) is 16.4. The second kappa shape index (κ2) is 8.48. The van der Waals surface area contributed by atoms with E-state index in [4.69, 9.17) is 0 Å². The van der Waals surface area contributed by atoms with Gasteiger partial charge in [-0.3, -0.25) is 9.59 Å². The molecule has 1 N–H and O–H groups in total. The predicted octanol–water partition coefficient (Wildman–Crippen LogP) is 3.84. The van der Waals surface area contributed by atoms with E-state index in [0.29, 0.717) is 30.2 Å². The van der Waals surface area contributed by atoms with Crippen LogP contribution in [0.1, 0.15) is 23.2 Å². The molecule has 1 aliphatic rings. The molecule has 0 radical (unpaired) electrons. The fraction of sp³-hybridized carbons (Fsp3) is 0.238. The molecule has 0 saturated carbocycles. The van der Waals surface area contributed by atoms with Crippen molar-refractivity contribution in [3.63, 3.8) is 0 Å². The largest absolute Gasteiger partial charge is 0.338 e. The van der Waals surface area contributed by atoms with E-state index in [1.165, 1.54) is 35.6 Å². The molecule has 2 amide bonds. The van der Waals surface area contributed by atoms with Gasteiger partial charge in [-0.15, -0.1) is 10.2 Å². The van der Waals surface area contributed by atoms with E-state index in [2.05, 4.69) is 15.5 Å². The molecule has 1 saturated heterocycles. The van der Waals surface area contributed by atoms with Gasteiger partial charge in [0.15, 0.2) is 0 Å². The number of benzene rings is 2. The number of anilines is 1. The minimum Gasteiger partial charge on any atom is -0.338 e. The first-order valence-electron chi connectivity index (χ1n) is 9.35. The van der Waals surface area contributed by atoms with E-state index in [-0.39, 0.29) is 23.5 Å². The van der Waals surface area contributed by atoms with Gasteiger partial charge in [-0.25, -0.2) is 4.39 Å². The first-order valence-corrected chi connectivity index (χ1v) is 10.2. The highest BCUT2D eigenvalue weighted by Crippen LogP contribution is 2.27. The third-order valence-corrected chi connectivity index (χ3v) is 5.73. The maximum atomic E-state index is 13.1. The number of rotatable bonds is 4. The molecule has 1 atom stereocenters. The standard InChI is InChI=1S/C21H19FN4O2S/c22-17-10-8-15(9-11-17)20(28)26-12-4-7-16(13-26)18(27)23-21-25-24-19(29-21)14-5-2-1-3-6-14/h1-3,5-6,8-11,16H,4,7,12-13H2,(H,23,25,27). The summed E-state index contributed by atoms with van der Waals surface area (Å²) in [6.45, 7) is 0.906. The first kappa shape index (κ1) is 19.2. The molecule has 0 aliphatic carbocycles. The molecule has 0 spiro atoms. The lowest BCUT2D eigenvalue weighted by molar-refractivity contribution is -0.121. The van der Waals surface area contributed by atoms with E-state index in [1.807, 2.05) is 30.3 Å². The second-order valence-electron chi connectivity index (χ2n) is 6.86. The number of piperidine rings is 1. The lowest BCUT2D eigenvalue weighted by Crippen LogP contribution is -2.43. The van der Waals surface area contributed by atoms with Gasteiger partial charge >= 0.3 is 0 Å². The summed E-state index contributed by atoms with van der Waals surface area (Å²) in [5, 5.41) is 12.2. The molecule has 0 bridgehead atoms. The number of amides is 2. The average molecular weight is 410 g/mol. The fourth-order valence-corrected chi connectivity index (χ4v) is 4.08. The number of hydrogen-bond acceptors (Lipinski definition) is 5. The highest BCUT2D eigenvalue weighted by molar-refractivity contribution is 7.18. The number of nitrogens with one attached hydrogen (secondary N) is 1. The number of aromatic nitrogens is 2. The van der Waals surface area contributed by atoms with E-state index in [1.54, 1.807) is 4.90 Å². The summed E-state index contributed by atoms with van der Waals surface area (Å²) < 4.78 is 13.1. The predicted molar refractivity (Wildman–Crippen MR) is 109 cm³/mol. The minimum atomic E-state index is -0.385. The molecule has 4 rings (SSSR count). The number of likely N-dealkylation sites (tertiary alicyclic amines) is 1. The van der Waals surface area contributed by atoms with Crippen molar-refractivity contribution >= 4 is 28.3 Å². The minimum absolute atomic E-state index is 0.169. The van der Waals surface area contributed by atoms with Crippen molar-refractivity contribution in [1.29, 1.82) is 0 Å². The van der Waals surface area contributed by atoms with Crippen LogP contribution in [-0.2, 0) is 4.79 Å². The molecule has 29 heavy (non-hydrogen) atoms. The molecule has 2 aromatic carbocycles. The molecule has 148 valence electrons. The number of hydrogen-bond donors (Lipinski definition) is 1. The highest BCUT2D eigenvalue weighted by atomic mass is 32.1. The summed E-state index contributed by atoms with van der Waals surface area (Å²) >= 11 is 1.31. The Kier molecular flexibility index (Phi) is 5.62. The van der Waals surface area contributed by atoms with Crippen molar-refractivity contribution in [3.05, 3.63) is 66.0 Å². The lowest BCUT2D eigenvalue weighted by atomic mass is 9.96. The Morgan fingerprint density at radius 1 is 1.07 bits per heavy atom. The van der Waals surface area contributed by atoms with Crippen LogP contribution in [0.25, 0.3) is 10.6 Å². The Labute approximate surface area is 171 Å². The van der Waals surface area contributed by atoms with Gasteiger partial charge in [-0.05, 0) is 37.1 Å². The van der Waals surface area contributed by atoms with E-state index in [0.717, 1.165) is 17.0 Å². The third-order valence-electron chi connectivity index (χ3n) is 4.85. The van der Waals surface area contributed by atoms with Crippen LogP contribution < -0.4 is 5.32 Å². The molecule has 1 fully saturated rings. The molecule has 1 aliphatic heterocycles. The van der Waals surface area contributed by atoms with E-state index < -0.39 is 0 Å². The monoisotopic (exact) mass is 410 g/mol. The molecule has 1 aromatic heterocycles. The quantitative estimate of drug-likeness (QED) is 0.709. The Balaban J connectivity index is 1.39. The van der Waals surface area contributed by atoms with Crippen molar-refractivity contribution < 1.29 is 14.0 Å². The van der Waals surface area contributed by atoms with Crippen LogP contribution in [-0.4, -0.2) is 40.0 Å². The Morgan fingerprint density at radius 2 is 1.83 bits per heavy atom. The topological polar surface area (TPSA) is 75.2 Å². The molecule has 3 aromatic rings. The van der Waals surface area contributed by atoms with Crippen LogP contribution in [0.15, 0.2) is 54.6 Å². The lowest BCUT2D eigenvalue weighted by Gasteiger charge is -2.32. The molecule has 6 nitrogen and oxygen atoms in total. The van der Waals surface area contributed by atoms with Gasteiger partial charge in [0.05, 0.1) is 5.92 Å². The Hall–Kier alpha value is -3.13. The summed E-state index contributed by atoms with van der Waals surface area (Å²) in [5.41, 5.74) is 1.36. The number of halogens is 1. The molecule has 2 heterocycles. The van der Waals surface area contributed by atoms with Crippen LogP contribution in [0.3, 0.4) is 0 Å². The second-order valence-corrected chi connectivity index (χ2v) is 7.84. The van der Waals surface area contributed by atoms with Gasteiger partial charge in [0.2, 0.25) is 11.0 Å². The highest BCUT2D eigenvalue weighted by Gasteiger charge is 2.29. The summed E-state index contributed by atoms with van der Waals surface area (Å²) in [4.78, 5) is 27.0. The van der Waals surface area contributed by atoms with Gasteiger partial charge < -0.3 is 10.2 Å². The third kappa shape index (κ3) is 4.48. The molecule has 1 unspecified atom stereocenters. The zero-order valence-electron chi connectivity index (χ0n) is 15.5. The zero-order chi connectivity index (χ0) is 20.2. The van der Waals surface area contributed by atoms with Crippen LogP contribution in [0, 0.1) is 11.7 Å². The van der Waals surface area contributed by atoms with Crippen LogP contribution in [0.2, 0.25) is 0 Å². The van der Waals surface area contributed by atoms with Crippen LogP contribution >= 0.6 is 11.3 Å². The number of carbonyl (C=O) groups is 2. The van der Waals surface area contributed by atoms with Gasteiger partial charge in [-0.2, -0.15) is 0 Å². The van der Waals surface area contributed by atoms with Crippen LogP contribution in [0.4, 0.5) is 9.52 Å². The van der Waals surface area contributed by atoms with Gasteiger partial charge in [-0.1, -0.05) is 41.7 Å². The van der Waals surface area contributed by atoms with Crippen molar-refractivity contribution in [1.82, 2.24) is 15.1 Å². The summed E-state index contributed by atoms with van der Waals surface area (Å²) in [5.74, 6) is -1.07. The molecular weight excluding hydrogens is 391 g/mol. The van der Waals surface area contributed by atoms with Crippen molar-refractivity contribution in [2.75, 3.05) is 18.4 Å². The summed E-state index contributed by atoms with van der Waals surface area (Å²) in [6, 6.07) is 15.1. The fourth-order valence-electron chi connectivity index (χ4n) is 3.33. The summed E-state index contributed by atoms with van der Waals surface area (Å²) in [6.07, 6.45) is 1.43. The normalized spacial score (nSPS) is 16.4. The maximum absolute atomic E-state index is 13.1. The smallest absolute Gasteiger partial charge is 0.253 e. The first-order chi connectivity index (χ1) is 14.1. The number of nitrogens with zero attached hydrogens (tertiary/aromatic N) is 3. The molecule has 8 heteroatoms. The SMILES string of the molecule is O=C(Nc1nnc(-c2ccccc2)s1)C1CCCN(C(=O)c2ccc(F)cc2)C1. The maximum Gasteiger partial charge on any atom is 0.253 e. The van der Waals surface area contributed by atoms with Gasteiger partial charge in [0.25, 0.3) is 5.91 Å². The Bertz CT molecular complexity index is 1010. The van der Waals surface area contributed by atoms with Crippen molar-refractivity contribution in [2.45, 2.75) is 12.8 Å². The van der Waals surface area contributed by atoms with Gasteiger partial charge in [0, 0.05) is 24.2 Å².